The molecule has 0 aliphatic heterocycles. The van der Waals surface area contributed by atoms with Crippen LogP contribution in [-0.2, 0) is 0 Å². The lowest BCUT2D eigenvalue weighted by atomic mass is 10.1. The third-order valence-corrected chi connectivity index (χ3v) is 3.36. The molecule has 0 bridgehead atoms. The summed E-state index contributed by atoms with van der Waals surface area (Å²) < 4.78 is 1.01. The van der Waals surface area contributed by atoms with Crippen LogP contribution in [0.25, 0.3) is 0 Å². The van der Waals surface area contributed by atoms with Gasteiger partial charge in [0, 0.05) is 16.6 Å². The van der Waals surface area contributed by atoms with Crippen molar-refractivity contribution in [3.8, 4) is 0 Å². The van der Waals surface area contributed by atoms with E-state index in [4.69, 9.17) is 5.73 Å². The molecule has 6 nitrogen and oxygen atoms in total. The van der Waals surface area contributed by atoms with Gasteiger partial charge in [0.25, 0.3) is 0 Å². The number of anilines is 2. The Labute approximate surface area is 124 Å². The highest BCUT2D eigenvalue weighted by Gasteiger charge is 2.14. The molecule has 7 heteroatoms. The first-order valence-corrected chi connectivity index (χ1v) is 6.69. The van der Waals surface area contributed by atoms with E-state index in [-0.39, 0.29) is 17.5 Å². The molecule has 2 rings (SSSR count). The van der Waals surface area contributed by atoms with Crippen LogP contribution in [0.2, 0.25) is 0 Å². The minimum atomic E-state index is -0.551. The first kappa shape index (κ1) is 14.3. The van der Waals surface area contributed by atoms with E-state index in [2.05, 4.69) is 26.2 Å². The van der Waals surface area contributed by atoms with E-state index in [0.717, 1.165) is 10.0 Å². The van der Waals surface area contributed by atoms with Crippen LogP contribution < -0.4 is 11.1 Å². The number of rotatable bonds is 4. The van der Waals surface area contributed by atoms with E-state index in [1.165, 1.54) is 6.07 Å². The molecule has 0 spiro atoms. The minimum absolute atomic E-state index is 0.0106. The fraction of sp³-hybridized carbons (Fsp3) is 0.154. The molecule has 0 aliphatic carbocycles. The van der Waals surface area contributed by atoms with Gasteiger partial charge in [-0.25, -0.2) is 4.98 Å². The normalized spacial score (nSPS) is 11.9. The third-order valence-electron chi connectivity index (χ3n) is 2.83. The molecule has 104 valence electrons. The number of nitro groups is 1. The van der Waals surface area contributed by atoms with Crippen LogP contribution in [0.5, 0.6) is 0 Å². The summed E-state index contributed by atoms with van der Waals surface area (Å²) in [5.74, 6) is 0.409. The van der Waals surface area contributed by atoms with E-state index in [1.54, 1.807) is 6.07 Å². The Balaban J connectivity index is 2.15. The van der Waals surface area contributed by atoms with Crippen LogP contribution >= 0.6 is 15.9 Å². The van der Waals surface area contributed by atoms with Gasteiger partial charge in [0.2, 0.25) is 5.82 Å². The summed E-state index contributed by atoms with van der Waals surface area (Å²) in [4.78, 5) is 14.1. The molecule has 20 heavy (non-hydrogen) atoms. The van der Waals surface area contributed by atoms with Gasteiger partial charge in [-0.15, -0.1) is 0 Å². The molecular weight excluding hydrogens is 324 g/mol. The average Bonchev–Trinajstić information content (AvgIpc) is 2.39. The number of benzene rings is 1. The number of pyridine rings is 1. The van der Waals surface area contributed by atoms with E-state index < -0.39 is 4.92 Å². The van der Waals surface area contributed by atoms with Gasteiger partial charge >= 0.3 is 5.69 Å². The number of nitrogen functional groups attached to an aromatic ring is 1. The third kappa shape index (κ3) is 3.24. The van der Waals surface area contributed by atoms with Crippen molar-refractivity contribution >= 4 is 33.3 Å². The summed E-state index contributed by atoms with van der Waals surface area (Å²) >= 11 is 3.38. The largest absolute Gasteiger partial charge is 0.378 e. The summed E-state index contributed by atoms with van der Waals surface area (Å²) in [6, 6.07) is 10.8. The smallest absolute Gasteiger partial charge is 0.311 e. The van der Waals surface area contributed by atoms with E-state index in [9.17, 15) is 10.1 Å². The Morgan fingerprint density at radius 3 is 2.50 bits per heavy atom. The SMILES string of the molecule is CC(Nc1ccc([N+](=O)[O-])c(N)n1)c1ccc(Br)cc1. The fourth-order valence-electron chi connectivity index (χ4n) is 1.76. The summed E-state index contributed by atoms with van der Waals surface area (Å²) in [6.45, 7) is 1.97. The lowest BCUT2D eigenvalue weighted by molar-refractivity contribution is -0.384. The predicted octanol–water partition coefficient (Wildman–Crippen LogP) is 3.51. The van der Waals surface area contributed by atoms with Crippen LogP contribution in [-0.4, -0.2) is 9.91 Å². The van der Waals surface area contributed by atoms with Crippen molar-refractivity contribution in [3.63, 3.8) is 0 Å². The molecule has 3 N–H and O–H groups in total. The van der Waals surface area contributed by atoms with Crippen molar-refractivity contribution in [2.75, 3.05) is 11.1 Å². The van der Waals surface area contributed by atoms with Gasteiger partial charge in [-0.05, 0) is 30.7 Å². The van der Waals surface area contributed by atoms with Crippen molar-refractivity contribution in [3.05, 3.63) is 56.5 Å². The fourth-order valence-corrected chi connectivity index (χ4v) is 2.02. The Hall–Kier alpha value is -2.15. The number of hydrogen-bond donors (Lipinski definition) is 2. The quantitative estimate of drug-likeness (QED) is 0.658. The first-order valence-electron chi connectivity index (χ1n) is 5.90. The molecule has 0 aliphatic rings. The molecule has 2 aromatic rings. The molecule has 0 radical (unpaired) electrons. The molecule has 1 atom stereocenters. The Morgan fingerprint density at radius 1 is 1.30 bits per heavy atom. The monoisotopic (exact) mass is 336 g/mol. The second-order valence-electron chi connectivity index (χ2n) is 4.28. The van der Waals surface area contributed by atoms with Crippen molar-refractivity contribution in [2.45, 2.75) is 13.0 Å². The number of nitrogens with two attached hydrogens (primary N) is 1. The molecule has 1 aromatic carbocycles. The zero-order valence-corrected chi connectivity index (χ0v) is 12.3. The number of hydrogen-bond acceptors (Lipinski definition) is 5. The number of nitrogens with zero attached hydrogens (tertiary/aromatic N) is 2. The Bertz CT molecular complexity index is 631. The summed E-state index contributed by atoms with van der Waals surface area (Å²) in [5.41, 5.74) is 6.45. The molecule has 0 amide bonds. The van der Waals surface area contributed by atoms with Crippen LogP contribution in [0.1, 0.15) is 18.5 Å². The second kappa shape index (κ2) is 5.87. The maximum absolute atomic E-state index is 10.7. The highest BCUT2D eigenvalue weighted by Crippen LogP contribution is 2.24. The molecule has 0 saturated heterocycles. The van der Waals surface area contributed by atoms with E-state index in [0.29, 0.717) is 5.82 Å². The predicted molar refractivity (Wildman–Crippen MR) is 81.5 cm³/mol. The summed E-state index contributed by atoms with van der Waals surface area (Å²) in [6.07, 6.45) is 0. The van der Waals surface area contributed by atoms with Crippen molar-refractivity contribution in [1.82, 2.24) is 4.98 Å². The summed E-state index contributed by atoms with van der Waals surface area (Å²) in [7, 11) is 0. The van der Waals surface area contributed by atoms with Crippen molar-refractivity contribution < 1.29 is 4.92 Å². The summed E-state index contributed by atoms with van der Waals surface area (Å²) in [5, 5.41) is 13.8. The zero-order valence-electron chi connectivity index (χ0n) is 10.7. The van der Waals surface area contributed by atoms with Crippen molar-refractivity contribution in [2.24, 2.45) is 0 Å². The Morgan fingerprint density at radius 2 is 1.95 bits per heavy atom. The van der Waals surface area contributed by atoms with Gasteiger partial charge in [-0.2, -0.15) is 0 Å². The molecule has 1 unspecified atom stereocenters. The van der Waals surface area contributed by atoms with Crippen molar-refractivity contribution in [1.29, 1.82) is 0 Å². The van der Waals surface area contributed by atoms with Crippen LogP contribution in [0.15, 0.2) is 40.9 Å². The lowest BCUT2D eigenvalue weighted by Gasteiger charge is -2.15. The van der Waals surface area contributed by atoms with E-state index >= 15 is 0 Å². The number of aromatic nitrogens is 1. The van der Waals surface area contributed by atoms with Crippen LogP contribution in [0.4, 0.5) is 17.3 Å². The maximum atomic E-state index is 10.7. The zero-order chi connectivity index (χ0) is 14.7. The minimum Gasteiger partial charge on any atom is -0.378 e. The molecule has 0 saturated carbocycles. The highest BCUT2D eigenvalue weighted by molar-refractivity contribution is 9.10. The standard InChI is InChI=1S/C13H13BrN4O2/c1-8(9-2-4-10(14)5-3-9)16-12-7-6-11(18(19)20)13(15)17-12/h2-8H,1H3,(H3,15,16,17). The van der Waals surface area contributed by atoms with E-state index in [1.807, 2.05) is 31.2 Å². The molecular formula is C13H13BrN4O2. The van der Waals surface area contributed by atoms with Gasteiger partial charge in [0.05, 0.1) is 4.92 Å². The molecule has 1 heterocycles. The Kier molecular flexibility index (Phi) is 4.19. The van der Waals surface area contributed by atoms with Gasteiger partial charge in [0.15, 0.2) is 0 Å². The highest BCUT2D eigenvalue weighted by atomic mass is 79.9. The van der Waals surface area contributed by atoms with Crippen LogP contribution in [0, 0.1) is 10.1 Å². The van der Waals surface area contributed by atoms with Gasteiger partial charge in [-0.3, -0.25) is 10.1 Å². The topological polar surface area (TPSA) is 94.1 Å². The average molecular weight is 337 g/mol. The number of nitrogens with one attached hydrogen (secondary N) is 1. The number of halogens is 1. The maximum Gasteiger partial charge on any atom is 0.311 e. The van der Waals surface area contributed by atoms with Gasteiger partial charge in [-0.1, -0.05) is 28.1 Å². The second-order valence-corrected chi connectivity index (χ2v) is 5.19. The molecule has 1 aromatic heterocycles. The first-order chi connectivity index (χ1) is 9.47. The lowest BCUT2D eigenvalue weighted by Crippen LogP contribution is -2.09. The van der Waals surface area contributed by atoms with Gasteiger partial charge < -0.3 is 11.1 Å². The van der Waals surface area contributed by atoms with Gasteiger partial charge in [0.1, 0.15) is 5.82 Å². The molecule has 0 fully saturated rings. The van der Waals surface area contributed by atoms with Crippen LogP contribution in [0.3, 0.4) is 0 Å².